The van der Waals surface area contributed by atoms with Crippen molar-refractivity contribution >= 4 is 5.82 Å². The number of piperazine rings is 1. The highest BCUT2D eigenvalue weighted by atomic mass is 16.5. The average molecular weight is 284 g/mol. The van der Waals surface area contributed by atoms with Crippen LogP contribution in [0.1, 0.15) is 5.56 Å². The molecule has 1 aliphatic heterocycles. The summed E-state index contributed by atoms with van der Waals surface area (Å²) in [5.74, 6) is 1.48. The Morgan fingerprint density at radius 1 is 1.14 bits per heavy atom. The minimum atomic E-state index is 0.569. The molecule has 0 saturated carbocycles. The van der Waals surface area contributed by atoms with Gasteiger partial charge in [0.2, 0.25) is 5.88 Å². The van der Waals surface area contributed by atoms with Gasteiger partial charge in [0.25, 0.3) is 0 Å². The maximum atomic E-state index is 5.38. The zero-order valence-electron chi connectivity index (χ0n) is 12.5. The summed E-state index contributed by atoms with van der Waals surface area (Å²) in [7, 11) is 1.63. The molecule has 0 spiro atoms. The van der Waals surface area contributed by atoms with Crippen LogP contribution in [-0.2, 0) is 0 Å². The maximum absolute atomic E-state index is 5.38. The lowest BCUT2D eigenvalue weighted by atomic mass is 10.0. The van der Waals surface area contributed by atoms with Gasteiger partial charge in [0.1, 0.15) is 0 Å². The molecule has 2 heterocycles. The molecule has 0 bridgehead atoms. The molecule has 1 N–H and O–H groups in total. The molecular weight excluding hydrogens is 264 g/mol. The van der Waals surface area contributed by atoms with E-state index in [-0.39, 0.29) is 0 Å². The first-order valence-corrected chi connectivity index (χ1v) is 7.22. The molecule has 1 aromatic carbocycles. The summed E-state index contributed by atoms with van der Waals surface area (Å²) in [5, 5.41) is 11.9. The number of aryl methyl sites for hydroxylation is 1. The van der Waals surface area contributed by atoms with E-state index in [4.69, 9.17) is 4.74 Å². The van der Waals surface area contributed by atoms with Crippen LogP contribution < -0.4 is 15.0 Å². The third kappa shape index (κ3) is 2.97. The first-order valence-electron chi connectivity index (χ1n) is 7.22. The fourth-order valence-electron chi connectivity index (χ4n) is 2.59. The Balaban J connectivity index is 2.00. The van der Waals surface area contributed by atoms with E-state index in [2.05, 4.69) is 57.7 Å². The lowest BCUT2D eigenvalue weighted by molar-refractivity contribution is 0.393. The van der Waals surface area contributed by atoms with Gasteiger partial charge in [-0.3, -0.25) is 0 Å². The van der Waals surface area contributed by atoms with E-state index in [0.717, 1.165) is 43.1 Å². The first-order chi connectivity index (χ1) is 10.3. The summed E-state index contributed by atoms with van der Waals surface area (Å²) in [5.41, 5.74) is 3.32. The number of anilines is 1. The summed E-state index contributed by atoms with van der Waals surface area (Å²) in [6.45, 7) is 5.95. The fourth-order valence-corrected chi connectivity index (χ4v) is 2.59. The number of rotatable bonds is 3. The lowest BCUT2D eigenvalue weighted by Gasteiger charge is -2.28. The Morgan fingerprint density at radius 2 is 1.95 bits per heavy atom. The van der Waals surface area contributed by atoms with E-state index >= 15 is 0 Å². The van der Waals surface area contributed by atoms with Crippen molar-refractivity contribution in [2.45, 2.75) is 6.92 Å². The number of hydrogen-bond donors (Lipinski definition) is 1. The SMILES string of the molecule is COc1nnc(N2CCNCC2)cc1-c1cccc(C)c1. The van der Waals surface area contributed by atoms with Crippen molar-refractivity contribution < 1.29 is 4.74 Å². The molecule has 2 aromatic rings. The summed E-state index contributed by atoms with van der Waals surface area (Å²) >= 11 is 0. The largest absolute Gasteiger partial charge is 0.479 e. The molecule has 0 aliphatic carbocycles. The van der Waals surface area contributed by atoms with Crippen LogP contribution in [-0.4, -0.2) is 43.5 Å². The van der Waals surface area contributed by atoms with Crippen LogP contribution in [0, 0.1) is 6.92 Å². The molecule has 0 amide bonds. The van der Waals surface area contributed by atoms with Gasteiger partial charge in [-0.15, -0.1) is 10.2 Å². The van der Waals surface area contributed by atoms with Gasteiger partial charge in [0.15, 0.2) is 5.82 Å². The van der Waals surface area contributed by atoms with Gasteiger partial charge < -0.3 is 15.0 Å². The van der Waals surface area contributed by atoms with Gasteiger partial charge in [-0.2, -0.15) is 0 Å². The fraction of sp³-hybridized carbons (Fsp3) is 0.375. The lowest BCUT2D eigenvalue weighted by Crippen LogP contribution is -2.44. The van der Waals surface area contributed by atoms with Gasteiger partial charge in [-0.1, -0.05) is 29.8 Å². The number of benzene rings is 1. The van der Waals surface area contributed by atoms with Crippen LogP contribution in [0.3, 0.4) is 0 Å². The van der Waals surface area contributed by atoms with Crippen molar-refractivity contribution in [1.82, 2.24) is 15.5 Å². The van der Waals surface area contributed by atoms with Crippen molar-refractivity contribution in [2.24, 2.45) is 0 Å². The van der Waals surface area contributed by atoms with Crippen molar-refractivity contribution in [1.29, 1.82) is 0 Å². The molecule has 3 rings (SSSR count). The number of ether oxygens (including phenoxy) is 1. The van der Waals surface area contributed by atoms with Crippen molar-refractivity contribution in [3.63, 3.8) is 0 Å². The Labute approximate surface area is 125 Å². The topological polar surface area (TPSA) is 50.3 Å². The number of hydrogen-bond acceptors (Lipinski definition) is 5. The van der Waals surface area contributed by atoms with Crippen LogP contribution >= 0.6 is 0 Å². The Kier molecular flexibility index (Phi) is 4.01. The molecule has 5 nitrogen and oxygen atoms in total. The highest BCUT2D eigenvalue weighted by Crippen LogP contribution is 2.30. The van der Waals surface area contributed by atoms with Crippen molar-refractivity contribution in [3.05, 3.63) is 35.9 Å². The standard InChI is InChI=1S/C16H20N4O/c1-12-4-3-5-13(10-12)14-11-15(18-19-16(14)21-2)20-8-6-17-7-9-20/h3-5,10-11,17H,6-9H2,1-2H3. The van der Waals surface area contributed by atoms with E-state index in [1.807, 2.05) is 0 Å². The van der Waals surface area contributed by atoms with Gasteiger partial charge in [-0.25, -0.2) is 0 Å². The normalized spacial score (nSPS) is 15.0. The van der Waals surface area contributed by atoms with Gasteiger partial charge in [-0.05, 0) is 18.6 Å². The summed E-state index contributed by atoms with van der Waals surface area (Å²) in [4.78, 5) is 2.25. The third-order valence-electron chi connectivity index (χ3n) is 3.71. The predicted octanol–water partition coefficient (Wildman–Crippen LogP) is 1.87. The van der Waals surface area contributed by atoms with E-state index < -0.39 is 0 Å². The zero-order valence-corrected chi connectivity index (χ0v) is 12.5. The Morgan fingerprint density at radius 3 is 2.67 bits per heavy atom. The second-order valence-electron chi connectivity index (χ2n) is 5.23. The molecule has 1 aliphatic rings. The third-order valence-corrected chi connectivity index (χ3v) is 3.71. The molecule has 0 atom stereocenters. The van der Waals surface area contributed by atoms with Gasteiger partial charge >= 0.3 is 0 Å². The molecule has 110 valence electrons. The van der Waals surface area contributed by atoms with Crippen LogP contribution in [0.15, 0.2) is 30.3 Å². The molecular formula is C16H20N4O. The second kappa shape index (κ2) is 6.10. The molecule has 0 unspecified atom stereocenters. The number of nitrogens with one attached hydrogen (secondary N) is 1. The monoisotopic (exact) mass is 284 g/mol. The van der Waals surface area contributed by atoms with Crippen LogP contribution in [0.2, 0.25) is 0 Å². The van der Waals surface area contributed by atoms with Gasteiger partial charge in [0, 0.05) is 31.7 Å². The first kappa shape index (κ1) is 13.8. The minimum absolute atomic E-state index is 0.569. The number of nitrogens with zero attached hydrogens (tertiary/aromatic N) is 3. The average Bonchev–Trinajstić information content (AvgIpc) is 2.55. The molecule has 0 radical (unpaired) electrons. The van der Waals surface area contributed by atoms with Crippen molar-refractivity contribution in [3.8, 4) is 17.0 Å². The summed E-state index contributed by atoms with van der Waals surface area (Å²) < 4.78 is 5.38. The molecule has 1 fully saturated rings. The smallest absolute Gasteiger partial charge is 0.241 e. The number of methoxy groups -OCH3 is 1. The van der Waals surface area contributed by atoms with Crippen LogP contribution in [0.25, 0.3) is 11.1 Å². The number of aromatic nitrogens is 2. The molecule has 5 heteroatoms. The highest BCUT2D eigenvalue weighted by Gasteiger charge is 2.16. The molecule has 1 aromatic heterocycles. The second-order valence-corrected chi connectivity index (χ2v) is 5.23. The van der Waals surface area contributed by atoms with Gasteiger partial charge in [0.05, 0.1) is 7.11 Å². The summed E-state index contributed by atoms with van der Waals surface area (Å²) in [6.07, 6.45) is 0. The zero-order chi connectivity index (χ0) is 14.7. The Bertz CT molecular complexity index is 623. The minimum Gasteiger partial charge on any atom is -0.479 e. The van der Waals surface area contributed by atoms with E-state index in [1.54, 1.807) is 7.11 Å². The van der Waals surface area contributed by atoms with E-state index in [1.165, 1.54) is 5.56 Å². The highest BCUT2D eigenvalue weighted by molar-refractivity contribution is 5.71. The van der Waals surface area contributed by atoms with E-state index in [0.29, 0.717) is 5.88 Å². The molecule has 1 saturated heterocycles. The molecule has 21 heavy (non-hydrogen) atoms. The quantitative estimate of drug-likeness (QED) is 0.932. The summed E-state index contributed by atoms with van der Waals surface area (Å²) in [6, 6.07) is 10.4. The maximum Gasteiger partial charge on any atom is 0.241 e. The van der Waals surface area contributed by atoms with Crippen LogP contribution in [0.5, 0.6) is 5.88 Å². The van der Waals surface area contributed by atoms with Crippen LogP contribution in [0.4, 0.5) is 5.82 Å². The van der Waals surface area contributed by atoms with Crippen molar-refractivity contribution in [2.75, 3.05) is 38.2 Å². The predicted molar refractivity (Wildman–Crippen MR) is 83.8 cm³/mol. The van der Waals surface area contributed by atoms with E-state index in [9.17, 15) is 0 Å². The Hall–Kier alpha value is -2.14.